The van der Waals surface area contributed by atoms with Crippen LogP contribution in [0.25, 0.3) is 0 Å². The van der Waals surface area contributed by atoms with Crippen LogP contribution in [-0.2, 0) is 15.6 Å². The fraction of sp³-hybridized carbons (Fsp3) is 0.846. The van der Waals surface area contributed by atoms with E-state index in [0.29, 0.717) is 43.5 Å². The molecule has 2 aliphatic rings. The molecular formula is C13H22N2O4S. The van der Waals surface area contributed by atoms with Gasteiger partial charge in [0.2, 0.25) is 0 Å². The lowest BCUT2D eigenvalue weighted by Crippen LogP contribution is -2.56. The highest BCUT2D eigenvalue weighted by Crippen LogP contribution is 2.26. The lowest BCUT2D eigenvalue weighted by atomic mass is 9.89. The molecule has 2 fully saturated rings. The topological polar surface area (TPSA) is 77.9 Å². The van der Waals surface area contributed by atoms with Gasteiger partial charge in [-0.25, -0.2) is 9.59 Å². The average molecular weight is 302 g/mol. The van der Waals surface area contributed by atoms with Crippen LogP contribution in [0.3, 0.4) is 0 Å². The molecule has 0 aromatic heterocycles. The Morgan fingerprint density at radius 3 is 2.45 bits per heavy atom. The molecule has 2 unspecified atom stereocenters. The summed E-state index contributed by atoms with van der Waals surface area (Å²) in [5.41, 5.74) is 0. The molecule has 2 atom stereocenters. The second-order valence-electron chi connectivity index (χ2n) is 5.46. The van der Waals surface area contributed by atoms with E-state index in [-0.39, 0.29) is 6.03 Å². The predicted molar refractivity (Wildman–Crippen MR) is 76.0 cm³/mol. The zero-order valence-electron chi connectivity index (χ0n) is 11.8. The molecule has 1 N–H and O–H groups in total. The molecule has 2 heterocycles. The number of aliphatic carboxylic acids is 1. The van der Waals surface area contributed by atoms with Crippen LogP contribution in [-0.4, -0.2) is 68.3 Å². The maximum absolute atomic E-state index is 12.5. The molecule has 2 saturated heterocycles. The van der Waals surface area contributed by atoms with Gasteiger partial charge in [0.1, 0.15) is 6.04 Å². The number of hydrogen-bond donors (Lipinski definition) is 1. The SMILES string of the molecule is CCC1CCN(C(=O)N2CCS(=O)CC2)C(C(=O)O)C1. The highest BCUT2D eigenvalue weighted by molar-refractivity contribution is 7.85. The lowest BCUT2D eigenvalue weighted by Gasteiger charge is -2.40. The molecule has 7 heteroatoms. The van der Waals surface area contributed by atoms with Crippen molar-refractivity contribution >= 4 is 22.8 Å². The van der Waals surface area contributed by atoms with Gasteiger partial charge in [0, 0.05) is 41.9 Å². The van der Waals surface area contributed by atoms with Gasteiger partial charge in [-0.3, -0.25) is 4.21 Å². The van der Waals surface area contributed by atoms with Gasteiger partial charge in [-0.05, 0) is 18.8 Å². The van der Waals surface area contributed by atoms with Crippen LogP contribution in [0.4, 0.5) is 4.79 Å². The molecule has 0 aromatic carbocycles. The zero-order valence-corrected chi connectivity index (χ0v) is 12.6. The van der Waals surface area contributed by atoms with E-state index < -0.39 is 22.8 Å². The molecular weight excluding hydrogens is 280 g/mol. The summed E-state index contributed by atoms with van der Waals surface area (Å²) in [6, 6.07) is -0.919. The van der Waals surface area contributed by atoms with E-state index in [1.807, 2.05) is 0 Å². The first-order valence-electron chi connectivity index (χ1n) is 7.16. The normalized spacial score (nSPS) is 28.4. The number of nitrogens with zero attached hydrogens (tertiary/aromatic N) is 2. The first-order valence-corrected chi connectivity index (χ1v) is 8.65. The van der Waals surface area contributed by atoms with Crippen LogP contribution in [0.5, 0.6) is 0 Å². The summed E-state index contributed by atoms with van der Waals surface area (Å²) in [5, 5.41) is 9.35. The predicted octanol–water partition coefficient (Wildman–Crippen LogP) is 0.746. The van der Waals surface area contributed by atoms with Gasteiger partial charge >= 0.3 is 12.0 Å². The highest BCUT2D eigenvalue weighted by atomic mass is 32.2. The van der Waals surface area contributed by atoms with Crippen molar-refractivity contribution in [3.05, 3.63) is 0 Å². The fourth-order valence-electron chi connectivity index (χ4n) is 2.88. The molecule has 0 spiro atoms. The summed E-state index contributed by atoms with van der Waals surface area (Å²) in [7, 11) is -0.836. The van der Waals surface area contributed by atoms with E-state index >= 15 is 0 Å². The monoisotopic (exact) mass is 302 g/mol. The van der Waals surface area contributed by atoms with E-state index in [9.17, 15) is 18.9 Å². The smallest absolute Gasteiger partial charge is 0.326 e. The molecule has 0 aromatic rings. The Balaban J connectivity index is 2.03. The Morgan fingerprint density at radius 2 is 1.90 bits per heavy atom. The number of amides is 2. The molecule has 2 amide bonds. The number of carbonyl (C=O) groups is 2. The third-order valence-corrected chi connectivity index (χ3v) is 5.54. The van der Waals surface area contributed by atoms with Crippen LogP contribution in [0.15, 0.2) is 0 Å². The molecule has 0 saturated carbocycles. The first-order chi connectivity index (χ1) is 9.52. The van der Waals surface area contributed by atoms with Crippen molar-refractivity contribution in [3.8, 4) is 0 Å². The summed E-state index contributed by atoms with van der Waals surface area (Å²) in [4.78, 5) is 27.0. The number of piperidine rings is 1. The van der Waals surface area contributed by atoms with Gasteiger partial charge in [0.25, 0.3) is 0 Å². The van der Waals surface area contributed by atoms with Gasteiger partial charge in [0.15, 0.2) is 0 Å². The van der Waals surface area contributed by atoms with Crippen LogP contribution in [0.1, 0.15) is 26.2 Å². The lowest BCUT2D eigenvalue weighted by molar-refractivity contribution is -0.144. The molecule has 114 valence electrons. The van der Waals surface area contributed by atoms with Crippen LogP contribution in [0.2, 0.25) is 0 Å². The zero-order chi connectivity index (χ0) is 14.7. The van der Waals surface area contributed by atoms with Gasteiger partial charge in [-0.15, -0.1) is 0 Å². The molecule has 0 aliphatic carbocycles. The van der Waals surface area contributed by atoms with Crippen molar-refractivity contribution in [3.63, 3.8) is 0 Å². The molecule has 6 nitrogen and oxygen atoms in total. The van der Waals surface area contributed by atoms with Gasteiger partial charge in [-0.1, -0.05) is 13.3 Å². The van der Waals surface area contributed by atoms with E-state index in [0.717, 1.165) is 12.8 Å². The average Bonchev–Trinajstić information content (AvgIpc) is 2.46. The van der Waals surface area contributed by atoms with Crippen molar-refractivity contribution in [2.24, 2.45) is 5.92 Å². The Labute approximate surface area is 121 Å². The van der Waals surface area contributed by atoms with Crippen molar-refractivity contribution in [1.82, 2.24) is 9.80 Å². The van der Waals surface area contributed by atoms with E-state index in [1.54, 1.807) is 4.90 Å². The van der Waals surface area contributed by atoms with Gasteiger partial charge in [-0.2, -0.15) is 0 Å². The number of hydrogen-bond acceptors (Lipinski definition) is 3. The Bertz CT molecular complexity index is 405. The van der Waals surface area contributed by atoms with Crippen LogP contribution < -0.4 is 0 Å². The Morgan fingerprint density at radius 1 is 1.25 bits per heavy atom. The minimum Gasteiger partial charge on any atom is -0.480 e. The standard InChI is InChI=1S/C13H22N2O4S/c1-2-10-3-4-15(11(9-10)12(16)17)13(18)14-5-7-20(19)8-6-14/h10-11H,2-9H2,1H3,(H,16,17). The van der Waals surface area contributed by atoms with Crippen LogP contribution in [0, 0.1) is 5.92 Å². The Kier molecular flexibility index (Phi) is 5.01. The van der Waals surface area contributed by atoms with E-state index in [4.69, 9.17) is 0 Å². The summed E-state index contributed by atoms with van der Waals surface area (Å²) in [6.07, 6.45) is 2.36. The number of carboxylic acid groups (broad SMARTS) is 1. The third-order valence-electron chi connectivity index (χ3n) is 4.27. The van der Waals surface area contributed by atoms with Crippen molar-refractivity contribution in [2.45, 2.75) is 32.2 Å². The minimum absolute atomic E-state index is 0.205. The van der Waals surface area contributed by atoms with E-state index in [1.165, 1.54) is 4.90 Å². The third kappa shape index (κ3) is 3.31. The second kappa shape index (κ2) is 6.56. The summed E-state index contributed by atoms with van der Waals surface area (Å²) < 4.78 is 11.3. The molecule has 0 radical (unpaired) electrons. The first kappa shape index (κ1) is 15.3. The van der Waals surface area contributed by atoms with Crippen LogP contribution >= 0.6 is 0 Å². The van der Waals surface area contributed by atoms with Gasteiger partial charge in [0.05, 0.1) is 0 Å². The maximum Gasteiger partial charge on any atom is 0.326 e. The number of carboxylic acids is 1. The number of carbonyl (C=O) groups excluding carboxylic acids is 1. The Hall–Kier alpha value is -1.11. The molecule has 0 bridgehead atoms. The summed E-state index contributed by atoms with van der Waals surface area (Å²) >= 11 is 0. The van der Waals surface area contributed by atoms with Gasteiger partial charge < -0.3 is 14.9 Å². The largest absolute Gasteiger partial charge is 0.480 e. The van der Waals surface area contributed by atoms with Crippen molar-refractivity contribution in [2.75, 3.05) is 31.1 Å². The highest BCUT2D eigenvalue weighted by Gasteiger charge is 2.37. The molecule has 2 rings (SSSR count). The second-order valence-corrected chi connectivity index (χ2v) is 7.16. The summed E-state index contributed by atoms with van der Waals surface area (Å²) in [5.74, 6) is 0.454. The number of likely N-dealkylation sites (tertiary alicyclic amines) is 1. The molecule has 20 heavy (non-hydrogen) atoms. The van der Waals surface area contributed by atoms with E-state index in [2.05, 4.69) is 6.92 Å². The summed E-state index contributed by atoms with van der Waals surface area (Å²) in [6.45, 7) is 3.49. The molecule has 2 aliphatic heterocycles. The van der Waals surface area contributed by atoms with Crippen molar-refractivity contribution < 1.29 is 18.9 Å². The fourth-order valence-corrected chi connectivity index (χ4v) is 3.94. The van der Waals surface area contributed by atoms with Crippen molar-refractivity contribution in [1.29, 1.82) is 0 Å². The maximum atomic E-state index is 12.5. The number of rotatable bonds is 2. The number of urea groups is 1. The minimum atomic E-state index is -0.919. The quantitative estimate of drug-likeness (QED) is 0.816.